The summed E-state index contributed by atoms with van der Waals surface area (Å²) in [4.78, 5) is 0. The standard InChI is InChI=1S/5CO.BF4.Mn/c5*1-2;2-1(3,4)5;/q;;;;;-1;. The van der Waals surface area contributed by atoms with Crippen molar-refractivity contribution in [1.82, 2.24) is 0 Å². The van der Waals surface area contributed by atoms with Crippen molar-refractivity contribution < 1.29 is 57.6 Å². The van der Waals surface area contributed by atoms with E-state index >= 15 is 0 Å². The predicted octanol–water partition coefficient (Wildman–Crippen LogP) is 1.11. The molecule has 0 rings (SSSR count). The Hall–Kier alpha value is -0.996. The van der Waals surface area contributed by atoms with Gasteiger partial charge in [-0.1, -0.05) is 0 Å². The van der Waals surface area contributed by atoms with Crippen LogP contribution < -0.4 is 0 Å². The number of halogens is 4. The molecule has 0 heterocycles. The Morgan fingerprint density at radius 3 is 0.500 bits per heavy atom. The van der Waals surface area contributed by atoms with Crippen LogP contribution in [0.15, 0.2) is 0 Å². The quantitative estimate of drug-likeness (QED) is 0.275. The van der Waals surface area contributed by atoms with E-state index < -0.39 is 7.25 Å². The minimum Gasteiger partial charge on any atom is 0 e. The van der Waals surface area contributed by atoms with Crippen LogP contribution in [0, 0.1) is 33.3 Å². The molecule has 0 aliphatic heterocycles. The third kappa shape index (κ3) is 1890. The molecular weight excluding hydrogens is 282 g/mol. The molecule has 0 spiro atoms. The summed E-state index contributed by atoms with van der Waals surface area (Å²) in [7, 11) is -6.00. The van der Waals surface area contributed by atoms with Crippen molar-refractivity contribution in [2.45, 2.75) is 0 Å². The molecule has 0 aliphatic rings. The van der Waals surface area contributed by atoms with E-state index in [-0.39, 0.29) is 17.1 Å². The minimum absolute atomic E-state index is 0. The van der Waals surface area contributed by atoms with Crippen LogP contribution in [-0.2, 0) is 40.3 Å². The molecule has 1 radical (unpaired) electrons. The largest absolute Gasteiger partial charge is 0 e. The first-order valence-electron chi connectivity index (χ1n) is 1.89. The summed E-state index contributed by atoms with van der Waals surface area (Å²) in [5.41, 5.74) is 0. The Kier molecular flexibility index (Phi) is 271. The van der Waals surface area contributed by atoms with Gasteiger partial charge in [-0.2, -0.15) is 0 Å². The molecule has 0 amide bonds. The van der Waals surface area contributed by atoms with Crippen LogP contribution >= 0.6 is 0 Å². The third-order valence-corrected chi connectivity index (χ3v) is 0. The van der Waals surface area contributed by atoms with E-state index in [1.54, 1.807) is 0 Å². The summed E-state index contributed by atoms with van der Waals surface area (Å²) in [6.07, 6.45) is 0. The van der Waals surface area contributed by atoms with Gasteiger partial charge in [-0.15, -0.1) is 0 Å². The van der Waals surface area contributed by atoms with Crippen LogP contribution in [0.5, 0.6) is 0 Å². The Morgan fingerprint density at radius 2 is 0.500 bits per heavy atom. The van der Waals surface area contributed by atoms with E-state index in [2.05, 4.69) is 33.3 Å². The Labute approximate surface area is 98.7 Å². The third-order valence-electron chi connectivity index (χ3n) is 0. The second-order valence-electron chi connectivity index (χ2n) is 0.495. The molecule has 0 aromatic carbocycles. The maximum absolute atomic E-state index is 9.75. The number of hydrogen-bond donors (Lipinski definition) is 0. The molecule has 16 heavy (non-hydrogen) atoms. The van der Waals surface area contributed by atoms with Gasteiger partial charge in [0.25, 0.3) is 0 Å². The second-order valence-corrected chi connectivity index (χ2v) is 0.495. The first kappa shape index (κ1) is 45.9. The molecule has 0 saturated heterocycles. The molecule has 0 atom stereocenters. The summed E-state index contributed by atoms with van der Waals surface area (Å²) in [6, 6.07) is 0. The molecule has 0 aliphatic carbocycles. The van der Waals surface area contributed by atoms with Gasteiger partial charge in [0.05, 0.1) is 0 Å². The van der Waals surface area contributed by atoms with E-state index in [1.165, 1.54) is 0 Å². The summed E-state index contributed by atoms with van der Waals surface area (Å²) >= 11 is 0. The zero-order chi connectivity index (χ0) is 14.5. The predicted molar refractivity (Wildman–Crippen MR) is 29.8 cm³/mol. The van der Waals surface area contributed by atoms with E-state index in [0.29, 0.717) is 0 Å². The SMILES string of the molecule is F[B-](F)(F)F.[C-]#[O+].[C-]#[O+].[C-]#[O+].[C-]#[O+].[C-]#[O+].[Mn]. The molecule has 0 N–H and O–H groups in total. The molecule has 0 aromatic heterocycles. The molecule has 0 fully saturated rings. The van der Waals surface area contributed by atoms with E-state index in [0.717, 1.165) is 0 Å². The summed E-state index contributed by atoms with van der Waals surface area (Å²) in [5.74, 6) is 0. The van der Waals surface area contributed by atoms with Crippen molar-refractivity contribution >= 4 is 7.25 Å². The Morgan fingerprint density at radius 1 is 0.500 bits per heavy atom. The van der Waals surface area contributed by atoms with Crippen molar-refractivity contribution in [3.8, 4) is 0 Å². The van der Waals surface area contributed by atoms with E-state index in [4.69, 9.17) is 23.3 Å². The zero-order valence-electron chi connectivity index (χ0n) is 7.01. The van der Waals surface area contributed by atoms with Gasteiger partial charge in [0.2, 0.25) is 0 Å². The first-order valence-corrected chi connectivity index (χ1v) is 1.89. The average Bonchev–Trinajstić information content (AvgIpc) is 2.29. The molecule has 0 aromatic rings. The molecule has 11 heteroatoms. The van der Waals surface area contributed by atoms with E-state index in [9.17, 15) is 17.3 Å². The van der Waals surface area contributed by atoms with Gasteiger partial charge in [-0.25, -0.2) is 0 Å². The Bertz CT molecular complexity index is 143. The van der Waals surface area contributed by atoms with Crippen molar-refractivity contribution in [3.05, 3.63) is 33.3 Å². The van der Waals surface area contributed by atoms with Gasteiger partial charge in [0.15, 0.2) is 0 Å². The van der Waals surface area contributed by atoms with Crippen LogP contribution in [0.25, 0.3) is 0 Å². The minimum atomic E-state index is -6.00. The van der Waals surface area contributed by atoms with Crippen molar-refractivity contribution in [2.75, 3.05) is 0 Å². The van der Waals surface area contributed by atoms with Crippen LogP contribution in [0.1, 0.15) is 0 Å². The van der Waals surface area contributed by atoms with Crippen molar-refractivity contribution in [1.29, 1.82) is 0 Å². The normalized spacial score (nSPS) is 4.38. The molecule has 89 valence electrons. The van der Waals surface area contributed by atoms with Crippen LogP contribution in [0.3, 0.4) is 0 Å². The van der Waals surface area contributed by atoms with Crippen LogP contribution in [0.4, 0.5) is 17.3 Å². The van der Waals surface area contributed by atoms with Gasteiger partial charge < -0.3 is 17.3 Å². The Balaban J connectivity index is -0.0000000130. The molecule has 5 nitrogen and oxygen atoms in total. The monoisotopic (exact) mass is 282 g/mol. The smallest absolute Gasteiger partial charge is 0 e. The van der Waals surface area contributed by atoms with Crippen LogP contribution in [-0.4, -0.2) is 7.25 Å². The maximum atomic E-state index is 9.75. The van der Waals surface area contributed by atoms with Crippen LogP contribution in [0.2, 0.25) is 0 Å². The van der Waals surface area contributed by atoms with Gasteiger partial charge in [0, 0.05) is 17.1 Å². The number of hydrogen-bond acceptors (Lipinski definition) is 0. The van der Waals surface area contributed by atoms with Gasteiger partial charge in [-0.3, -0.25) is 0 Å². The topological polar surface area (TPSA) is 99.5 Å². The average molecular weight is 282 g/mol. The summed E-state index contributed by atoms with van der Waals surface area (Å²) in [5, 5.41) is 0. The molecular formula is C5BF4MnO5-. The molecule has 0 saturated carbocycles. The maximum Gasteiger partial charge on any atom is 0 e. The van der Waals surface area contributed by atoms with Crippen molar-refractivity contribution in [3.63, 3.8) is 0 Å². The van der Waals surface area contributed by atoms with Gasteiger partial charge >= 0.3 is 63.8 Å². The fraction of sp³-hybridized carbons (Fsp3) is 0. The zero-order valence-corrected chi connectivity index (χ0v) is 8.19. The first-order chi connectivity index (χ1) is 7.00. The number of rotatable bonds is 0. The van der Waals surface area contributed by atoms with Gasteiger partial charge in [-0.05, 0) is 0 Å². The van der Waals surface area contributed by atoms with Crippen molar-refractivity contribution in [2.24, 2.45) is 0 Å². The fourth-order valence-corrected chi connectivity index (χ4v) is 0. The van der Waals surface area contributed by atoms with Gasteiger partial charge in [0.1, 0.15) is 0 Å². The summed E-state index contributed by atoms with van der Waals surface area (Å²) < 4.78 is 76.5. The molecule has 0 bridgehead atoms. The van der Waals surface area contributed by atoms with E-state index in [1.807, 2.05) is 0 Å². The second kappa shape index (κ2) is 94.6. The molecule has 0 unspecified atom stereocenters. The summed E-state index contributed by atoms with van der Waals surface area (Å²) in [6.45, 7) is 22.5. The fourth-order valence-electron chi connectivity index (χ4n) is 0.